The summed E-state index contributed by atoms with van der Waals surface area (Å²) in [6, 6.07) is 1.59. The van der Waals surface area contributed by atoms with Gasteiger partial charge in [-0.3, -0.25) is 4.90 Å². The average Bonchev–Trinajstić information content (AvgIpc) is 2.53. The topological polar surface area (TPSA) is 86.1 Å². The van der Waals surface area contributed by atoms with Crippen molar-refractivity contribution in [2.24, 2.45) is 0 Å². The Morgan fingerprint density at radius 3 is 2.69 bits per heavy atom. The van der Waals surface area contributed by atoms with Gasteiger partial charge in [0.1, 0.15) is 5.60 Å². The standard InChI is InChI=1S/C17H27BFN3O4/c1-12-11-22(16(23)26-17(2,3)4)8-7-21(12)6-5-13-9-14(18(24)25)15(19)20-10-13/h9-10,12,24-25H,5-8,11H2,1-4H3/t12-/m1/s1. The van der Waals surface area contributed by atoms with Crippen LogP contribution in [0.4, 0.5) is 9.18 Å². The number of hydrogen-bond acceptors (Lipinski definition) is 6. The van der Waals surface area contributed by atoms with Crippen LogP contribution in [0.25, 0.3) is 0 Å². The number of hydrogen-bond donors (Lipinski definition) is 2. The van der Waals surface area contributed by atoms with Gasteiger partial charge in [-0.2, -0.15) is 4.39 Å². The number of nitrogens with zero attached hydrogens (tertiary/aromatic N) is 3. The molecule has 144 valence electrons. The lowest BCUT2D eigenvalue weighted by atomic mass is 9.80. The van der Waals surface area contributed by atoms with Gasteiger partial charge in [0, 0.05) is 43.9 Å². The van der Waals surface area contributed by atoms with Crippen LogP contribution >= 0.6 is 0 Å². The van der Waals surface area contributed by atoms with Crippen LogP contribution in [0.5, 0.6) is 0 Å². The Morgan fingerprint density at radius 2 is 2.12 bits per heavy atom. The molecule has 0 aromatic carbocycles. The summed E-state index contributed by atoms with van der Waals surface area (Å²) in [5.41, 5.74) is 0.00345. The van der Waals surface area contributed by atoms with Crippen LogP contribution in [-0.2, 0) is 11.2 Å². The molecule has 0 bridgehead atoms. The number of carbonyl (C=O) groups is 1. The van der Waals surface area contributed by atoms with Gasteiger partial charge in [-0.15, -0.1) is 0 Å². The molecule has 2 N–H and O–H groups in total. The largest absolute Gasteiger partial charge is 0.493 e. The van der Waals surface area contributed by atoms with Gasteiger partial charge in [0.15, 0.2) is 0 Å². The molecule has 1 saturated heterocycles. The smallest absolute Gasteiger partial charge is 0.444 e. The van der Waals surface area contributed by atoms with Crippen LogP contribution in [0.2, 0.25) is 0 Å². The zero-order chi connectivity index (χ0) is 19.5. The summed E-state index contributed by atoms with van der Waals surface area (Å²) in [6.07, 6.45) is 1.71. The van der Waals surface area contributed by atoms with Gasteiger partial charge in [-0.1, -0.05) is 6.07 Å². The van der Waals surface area contributed by atoms with Crippen LogP contribution in [0, 0.1) is 5.95 Å². The molecule has 1 aromatic heterocycles. The van der Waals surface area contributed by atoms with E-state index in [4.69, 9.17) is 14.8 Å². The highest BCUT2D eigenvalue weighted by atomic mass is 19.1. The minimum Gasteiger partial charge on any atom is -0.444 e. The molecule has 1 fully saturated rings. The maximum atomic E-state index is 13.4. The maximum absolute atomic E-state index is 13.4. The van der Waals surface area contributed by atoms with Crippen LogP contribution in [-0.4, -0.2) is 75.9 Å². The normalized spacial score (nSPS) is 18.7. The van der Waals surface area contributed by atoms with Crippen molar-refractivity contribution >= 4 is 18.7 Å². The van der Waals surface area contributed by atoms with Crippen molar-refractivity contribution in [3.8, 4) is 0 Å². The Bertz CT molecular complexity index is 639. The van der Waals surface area contributed by atoms with E-state index in [1.165, 1.54) is 12.3 Å². The second-order valence-electron chi connectivity index (χ2n) is 7.66. The average molecular weight is 367 g/mol. The van der Waals surface area contributed by atoms with Gasteiger partial charge < -0.3 is 19.7 Å². The lowest BCUT2D eigenvalue weighted by molar-refractivity contribution is 0.00597. The molecule has 0 spiro atoms. The van der Waals surface area contributed by atoms with Crippen LogP contribution < -0.4 is 5.46 Å². The zero-order valence-corrected chi connectivity index (χ0v) is 15.8. The third-order valence-corrected chi connectivity index (χ3v) is 4.31. The number of rotatable bonds is 4. The van der Waals surface area contributed by atoms with Gasteiger partial charge in [-0.05, 0) is 39.7 Å². The van der Waals surface area contributed by atoms with Crippen molar-refractivity contribution in [2.75, 3.05) is 26.2 Å². The monoisotopic (exact) mass is 367 g/mol. The molecule has 0 unspecified atom stereocenters. The molecule has 26 heavy (non-hydrogen) atoms. The van der Waals surface area contributed by atoms with Gasteiger partial charge in [0.25, 0.3) is 0 Å². The fraction of sp³-hybridized carbons (Fsp3) is 0.647. The summed E-state index contributed by atoms with van der Waals surface area (Å²) in [5, 5.41) is 18.3. The van der Waals surface area contributed by atoms with E-state index >= 15 is 0 Å². The molecular weight excluding hydrogens is 340 g/mol. The molecule has 0 saturated carbocycles. The van der Waals surface area contributed by atoms with E-state index < -0.39 is 18.7 Å². The van der Waals surface area contributed by atoms with Crippen LogP contribution in [0.15, 0.2) is 12.3 Å². The summed E-state index contributed by atoms with van der Waals surface area (Å²) in [4.78, 5) is 19.7. The fourth-order valence-corrected chi connectivity index (χ4v) is 2.92. The van der Waals surface area contributed by atoms with E-state index in [1.807, 2.05) is 27.7 Å². The molecular formula is C17H27BFN3O4. The van der Waals surface area contributed by atoms with Crippen molar-refractivity contribution in [1.29, 1.82) is 0 Å². The molecule has 0 aliphatic carbocycles. The molecule has 2 heterocycles. The summed E-state index contributed by atoms with van der Waals surface area (Å²) in [7, 11) is -1.88. The van der Waals surface area contributed by atoms with E-state index in [0.29, 0.717) is 32.6 Å². The third-order valence-electron chi connectivity index (χ3n) is 4.31. The molecule has 1 atom stereocenters. The van der Waals surface area contributed by atoms with Crippen molar-refractivity contribution in [1.82, 2.24) is 14.8 Å². The number of piperazine rings is 1. The molecule has 1 aliphatic heterocycles. The van der Waals surface area contributed by atoms with Crippen molar-refractivity contribution in [3.05, 3.63) is 23.8 Å². The first kappa shape index (κ1) is 20.6. The number of aromatic nitrogens is 1. The second-order valence-corrected chi connectivity index (χ2v) is 7.66. The fourth-order valence-electron chi connectivity index (χ4n) is 2.92. The molecule has 9 heteroatoms. The number of amides is 1. The first-order valence-corrected chi connectivity index (χ1v) is 8.79. The van der Waals surface area contributed by atoms with E-state index in [1.54, 1.807) is 4.90 Å². The Balaban J connectivity index is 1.89. The first-order valence-electron chi connectivity index (χ1n) is 8.79. The SMILES string of the molecule is C[C@@H]1CN(C(=O)OC(C)(C)C)CCN1CCc1cnc(F)c(B(O)O)c1. The molecule has 1 aliphatic rings. The number of pyridine rings is 1. The molecule has 7 nitrogen and oxygen atoms in total. The summed E-state index contributed by atoms with van der Waals surface area (Å²) >= 11 is 0. The Kier molecular flexibility index (Phi) is 6.60. The van der Waals surface area contributed by atoms with Gasteiger partial charge in [0.05, 0.1) is 0 Å². The quantitative estimate of drug-likeness (QED) is 0.591. The highest BCUT2D eigenvalue weighted by molar-refractivity contribution is 6.58. The molecule has 1 amide bonds. The second kappa shape index (κ2) is 8.32. The highest BCUT2D eigenvalue weighted by Gasteiger charge is 2.29. The maximum Gasteiger partial charge on any atom is 0.493 e. The predicted molar refractivity (Wildman–Crippen MR) is 96.6 cm³/mol. The van der Waals surface area contributed by atoms with Gasteiger partial charge in [0.2, 0.25) is 5.95 Å². The van der Waals surface area contributed by atoms with Crippen molar-refractivity contribution in [3.63, 3.8) is 0 Å². The van der Waals surface area contributed by atoms with Gasteiger partial charge >= 0.3 is 13.2 Å². The molecule has 2 rings (SSSR count). The first-order chi connectivity index (χ1) is 12.1. The number of ether oxygens (including phenoxy) is 1. The lowest BCUT2D eigenvalue weighted by Gasteiger charge is -2.40. The van der Waals surface area contributed by atoms with E-state index in [2.05, 4.69) is 9.88 Å². The Hall–Kier alpha value is -1.71. The minimum absolute atomic E-state index is 0.160. The van der Waals surface area contributed by atoms with E-state index in [0.717, 1.165) is 5.56 Å². The lowest BCUT2D eigenvalue weighted by Crippen LogP contribution is -2.54. The minimum atomic E-state index is -1.88. The summed E-state index contributed by atoms with van der Waals surface area (Å²) in [5.74, 6) is -0.872. The van der Waals surface area contributed by atoms with E-state index in [-0.39, 0.29) is 17.6 Å². The number of halogens is 1. The Morgan fingerprint density at radius 1 is 1.42 bits per heavy atom. The van der Waals surface area contributed by atoms with Crippen LogP contribution in [0.3, 0.4) is 0 Å². The van der Waals surface area contributed by atoms with Crippen LogP contribution in [0.1, 0.15) is 33.3 Å². The Labute approximate surface area is 153 Å². The predicted octanol–water partition coefficient (Wildman–Crippen LogP) is 0.384. The molecule has 0 radical (unpaired) electrons. The number of carbonyl (C=O) groups excluding carboxylic acids is 1. The summed E-state index contributed by atoms with van der Waals surface area (Å²) < 4.78 is 18.8. The summed E-state index contributed by atoms with van der Waals surface area (Å²) in [6.45, 7) is 10.2. The third kappa shape index (κ3) is 5.65. The highest BCUT2D eigenvalue weighted by Crippen LogP contribution is 2.15. The molecule has 1 aromatic rings. The zero-order valence-electron chi connectivity index (χ0n) is 15.8. The van der Waals surface area contributed by atoms with Gasteiger partial charge in [-0.25, -0.2) is 9.78 Å². The van der Waals surface area contributed by atoms with Crippen molar-refractivity contribution in [2.45, 2.75) is 45.8 Å². The van der Waals surface area contributed by atoms with Crippen molar-refractivity contribution < 1.29 is 24.0 Å². The van der Waals surface area contributed by atoms with E-state index in [9.17, 15) is 9.18 Å².